The van der Waals surface area contributed by atoms with E-state index in [1.54, 1.807) is 29.8 Å². The number of nitrogens with zero attached hydrogens (tertiary/aromatic N) is 1. The zero-order valence-corrected chi connectivity index (χ0v) is 12.0. The van der Waals surface area contributed by atoms with Crippen molar-refractivity contribution in [2.75, 3.05) is 11.1 Å². The van der Waals surface area contributed by atoms with Crippen molar-refractivity contribution in [3.8, 4) is 0 Å². The Hall–Kier alpha value is -1.86. The lowest BCUT2D eigenvalue weighted by Crippen LogP contribution is -2.13. The van der Waals surface area contributed by atoms with E-state index in [-0.39, 0.29) is 11.5 Å². The Morgan fingerprint density at radius 1 is 1.40 bits per heavy atom. The van der Waals surface area contributed by atoms with Crippen molar-refractivity contribution in [2.45, 2.75) is 5.75 Å². The lowest BCUT2D eigenvalue weighted by Gasteiger charge is -2.03. The molecule has 0 radical (unpaired) electrons. The maximum atomic E-state index is 11.6. The van der Waals surface area contributed by atoms with Crippen molar-refractivity contribution in [1.29, 1.82) is 0 Å². The molecule has 0 aliphatic rings. The largest absolute Gasteiger partial charge is 0.478 e. The number of rotatable bonds is 6. The van der Waals surface area contributed by atoms with Crippen LogP contribution in [0.3, 0.4) is 0 Å². The van der Waals surface area contributed by atoms with Gasteiger partial charge in [0.25, 0.3) is 0 Å². The van der Waals surface area contributed by atoms with Crippen molar-refractivity contribution in [3.05, 3.63) is 47.0 Å². The molecule has 0 saturated heterocycles. The van der Waals surface area contributed by atoms with E-state index in [1.807, 2.05) is 6.07 Å². The van der Waals surface area contributed by atoms with E-state index in [0.29, 0.717) is 16.6 Å². The van der Waals surface area contributed by atoms with Crippen LogP contribution in [0.25, 0.3) is 0 Å². The molecule has 0 spiro atoms. The van der Waals surface area contributed by atoms with Crippen LogP contribution in [0.5, 0.6) is 0 Å². The molecular weight excluding hydrogens is 296 g/mol. The van der Waals surface area contributed by atoms with Gasteiger partial charge in [0, 0.05) is 17.3 Å². The molecule has 0 aliphatic carbocycles. The van der Waals surface area contributed by atoms with Crippen LogP contribution in [-0.4, -0.2) is 27.7 Å². The molecule has 1 heterocycles. The highest BCUT2D eigenvalue weighted by Crippen LogP contribution is 2.15. The molecule has 7 heteroatoms. The van der Waals surface area contributed by atoms with Gasteiger partial charge in [-0.25, -0.2) is 9.78 Å². The Balaban J connectivity index is 1.79. The molecule has 0 aliphatic heterocycles. The maximum Gasteiger partial charge on any atom is 0.335 e. The fourth-order valence-electron chi connectivity index (χ4n) is 1.50. The van der Waals surface area contributed by atoms with E-state index in [2.05, 4.69) is 10.3 Å². The van der Waals surface area contributed by atoms with Gasteiger partial charge in [-0.05, 0) is 17.7 Å². The molecule has 0 fully saturated rings. The number of hydrogen-bond donors (Lipinski definition) is 2. The predicted molar refractivity (Wildman–Crippen MR) is 80.3 cm³/mol. The second kappa shape index (κ2) is 7.06. The maximum absolute atomic E-state index is 11.6. The Bertz CT molecular complexity index is 599. The van der Waals surface area contributed by atoms with E-state index in [1.165, 1.54) is 23.1 Å². The highest BCUT2D eigenvalue weighted by molar-refractivity contribution is 7.99. The summed E-state index contributed by atoms with van der Waals surface area (Å²) in [5.74, 6) is -0.166. The van der Waals surface area contributed by atoms with Crippen LogP contribution in [0, 0.1) is 0 Å². The first-order chi connectivity index (χ1) is 9.65. The standard InChI is InChI=1S/C13H12N2O3S2/c16-11(15-13-14-4-5-20-13)8-19-7-9-2-1-3-10(6-9)12(17)18/h1-6H,7-8H2,(H,17,18)(H,14,15,16). The van der Waals surface area contributed by atoms with Gasteiger partial charge < -0.3 is 10.4 Å². The summed E-state index contributed by atoms with van der Waals surface area (Å²) in [6.07, 6.45) is 1.63. The minimum Gasteiger partial charge on any atom is -0.478 e. The number of nitrogens with one attached hydrogen (secondary N) is 1. The number of amides is 1. The van der Waals surface area contributed by atoms with E-state index in [9.17, 15) is 9.59 Å². The average Bonchev–Trinajstić information content (AvgIpc) is 2.92. The highest BCUT2D eigenvalue weighted by Gasteiger charge is 2.06. The molecule has 1 aromatic carbocycles. The third-order valence-corrected chi connectivity index (χ3v) is 4.05. The first kappa shape index (κ1) is 14.5. The number of carbonyl (C=O) groups excluding carboxylic acids is 1. The second-order valence-corrected chi connectivity index (χ2v) is 5.76. The minimum absolute atomic E-state index is 0.112. The van der Waals surface area contributed by atoms with Gasteiger partial charge in [-0.3, -0.25) is 4.79 Å². The van der Waals surface area contributed by atoms with Crippen LogP contribution >= 0.6 is 23.1 Å². The Labute approximate surface area is 124 Å². The van der Waals surface area contributed by atoms with Gasteiger partial charge in [-0.2, -0.15) is 0 Å². The predicted octanol–water partition coefficient (Wildman–Crippen LogP) is 2.71. The summed E-state index contributed by atoms with van der Waals surface area (Å²) in [6, 6.07) is 6.72. The molecule has 5 nitrogen and oxygen atoms in total. The molecule has 2 aromatic rings. The van der Waals surface area contributed by atoms with E-state index in [4.69, 9.17) is 5.11 Å². The fraction of sp³-hybridized carbons (Fsp3) is 0.154. The molecule has 0 unspecified atom stereocenters. The lowest BCUT2D eigenvalue weighted by atomic mass is 10.1. The normalized spacial score (nSPS) is 10.2. The van der Waals surface area contributed by atoms with Crippen LogP contribution in [-0.2, 0) is 10.5 Å². The number of hydrogen-bond acceptors (Lipinski definition) is 5. The van der Waals surface area contributed by atoms with Crippen LogP contribution in [0.15, 0.2) is 35.8 Å². The van der Waals surface area contributed by atoms with E-state index in [0.717, 1.165) is 5.56 Å². The minimum atomic E-state index is -0.946. The highest BCUT2D eigenvalue weighted by atomic mass is 32.2. The summed E-state index contributed by atoms with van der Waals surface area (Å²) >= 11 is 2.80. The number of aromatic carboxylic acids is 1. The van der Waals surface area contributed by atoms with Gasteiger partial charge in [0.1, 0.15) is 0 Å². The smallest absolute Gasteiger partial charge is 0.335 e. The van der Waals surface area contributed by atoms with Gasteiger partial charge in [0.05, 0.1) is 11.3 Å². The van der Waals surface area contributed by atoms with Gasteiger partial charge in [-0.15, -0.1) is 23.1 Å². The molecule has 1 amide bonds. The number of carboxylic acids is 1. The SMILES string of the molecule is O=C(CSCc1cccc(C(=O)O)c1)Nc1nccs1. The van der Waals surface area contributed by atoms with Crippen molar-refractivity contribution in [2.24, 2.45) is 0 Å². The molecule has 2 rings (SSSR count). The van der Waals surface area contributed by atoms with Gasteiger partial charge in [-0.1, -0.05) is 12.1 Å². The first-order valence-corrected chi connectivity index (χ1v) is 7.78. The molecule has 2 N–H and O–H groups in total. The Morgan fingerprint density at radius 2 is 2.25 bits per heavy atom. The van der Waals surface area contributed by atoms with Crippen molar-refractivity contribution < 1.29 is 14.7 Å². The van der Waals surface area contributed by atoms with Gasteiger partial charge >= 0.3 is 5.97 Å². The monoisotopic (exact) mass is 308 g/mol. The van der Waals surface area contributed by atoms with E-state index < -0.39 is 5.97 Å². The molecule has 0 saturated carbocycles. The number of anilines is 1. The number of carbonyl (C=O) groups is 2. The van der Waals surface area contributed by atoms with Crippen LogP contribution in [0.2, 0.25) is 0 Å². The summed E-state index contributed by atoms with van der Waals surface area (Å²) < 4.78 is 0. The molecule has 20 heavy (non-hydrogen) atoms. The summed E-state index contributed by atoms with van der Waals surface area (Å²) in [6.45, 7) is 0. The Kier molecular flexibility index (Phi) is 5.14. The second-order valence-electron chi connectivity index (χ2n) is 3.88. The van der Waals surface area contributed by atoms with Crippen LogP contribution in [0.1, 0.15) is 15.9 Å². The first-order valence-electron chi connectivity index (χ1n) is 5.74. The van der Waals surface area contributed by atoms with Crippen molar-refractivity contribution >= 4 is 40.1 Å². The quantitative estimate of drug-likeness (QED) is 0.857. The average molecular weight is 308 g/mol. The topological polar surface area (TPSA) is 79.3 Å². The number of thioether (sulfide) groups is 1. The fourth-order valence-corrected chi connectivity index (χ4v) is 2.82. The molecule has 0 atom stereocenters. The number of benzene rings is 1. The third-order valence-electron chi connectivity index (χ3n) is 2.35. The molecule has 104 valence electrons. The summed E-state index contributed by atoms with van der Waals surface area (Å²) in [7, 11) is 0. The summed E-state index contributed by atoms with van der Waals surface area (Å²) in [5, 5.41) is 14.0. The zero-order chi connectivity index (χ0) is 14.4. The zero-order valence-electron chi connectivity index (χ0n) is 10.4. The van der Waals surface area contributed by atoms with Crippen LogP contribution < -0.4 is 5.32 Å². The third kappa shape index (κ3) is 4.36. The molecular formula is C13H12N2O3S2. The Morgan fingerprint density at radius 3 is 2.95 bits per heavy atom. The van der Waals surface area contributed by atoms with Gasteiger partial charge in [0.15, 0.2) is 5.13 Å². The number of aromatic nitrogens is 1. The van der Waals surface area contributed by atoms with Crippen LogP contribution in [0.4, 0.5) is 5.13 Å². The van der Waals surface area contributed by atoms with Crippen molar-refractivity contribution in [3.63, 3.8) is 0 Å². The van der Waals surface area contributed by atoms with E-state index >= 15 is 0 Å². The molecule has 0 bridgehead atoms. The number of thiazole rings is 1. The molecule has 1 aromatic heterocycles. The summed E-state index contributed by atoms with van der Waals surface area (Å²) in [5.41, 5.74) is 1.15. The van der Waals surface area contributed by atoms with Crippen molar-refractivity contribution in [1.82, 2.24) is 4.98 Å². The number of carboxylic acid groups (broad SMARTS) is 1. The summed E-state index contributed by atoms with van der Waals surface area (Å²) in [4.78, 5) is 26.4. The van der Waals surface area contributed by atoms with Gasteiger partial charge in [0.2, 0.25) is 5.91 Å². The lowest BCUT2D eigenvalue weighted by molar-refractivity contribution is -0.113.